The van der Waals surface area contributed by atoms with Gasteiger partial charge in [-0.3, -0.25) is 14.8 Å². The van der Waals surface area contributed by atoms with Gasteiger partial charge in [0.15, 0.2) is 0 Å². The summed E-state index contributed by atoms with van der Waals surface area (Å²) in [5.41, 5.74) is 1.79. The molecule has 0 aliphatic carbocycles. The van der Waals surface area contributed by atoms with Crippen LogP contribution in [-0.4, -0.2) is 24.3 Å². The molecule has 4 rings (SSSR count). The predicted molar refractivity (Wildman–Crippen MR) is 113 cm³/mol. The van der Waals surface area contributed by atoms with E-state index < -0.39 is 15.9 Å². The fourth-order valence-electron chi connectivity index (χ4n) is 2.77. The number of para-hydroxylation sites is 3. The molecule has 0 bridgehead atoms. The van der Waals surface area contributed by atoms with Crippen molar-refractivity contribution in [2.45, 2.75) is 4.90 Å². The normalized spacial score (nSPS) is 11.3. The average Bonchev–Trinajstić information content (AvgIpc) is 3.10. The number of benzene rings is 3. The summed E-state index contributed by atoms with van der Waals surface area (Å²) in [6, 6.07) is 19.4. The second kappa shape index (κ2) is 7.57. The van der Waals surface area contributed by atoms with E-state index in [9.17, 15) is 13.2 Å². The fraction of sp³-hybridized carbons (Fsp3) is 0. The van der Waals surface area contributed by atoms with E-state index >= 15 is 0 Å². The van der Waals surface area contributed by atoms with Gasteiger partial charge in [-0.05, 0) is 48.5 Å². The minimum atomic E-state index is -3.89. The maximum absolute atomic E-state index is 12.8. The highest BCUT2D eigenvalue weighted by atomic mass is 35.5. The molecule has 0 atom stereocenters. The predicted octanol–water partition coefficient (Wildman–Crippen LogP) is 4.27. The number of aromatic nitrogens is 2. The van der Waals surface area contributed by atoms with Crippen LogP contribution in [0.4, 0.5) is 11.6 Å². The van der Waals surface area contributed by atoms with Gasteiger partial charge in [0.05, 0.1) is 27.2 Å². The minimum absolute atomic E-state index is 0.0365. The molecule has 3 N–H and O–H groups in total. The highest BCUT2D eigenvalue weighted by Gasteiger charge is 2.19. The molecule has 1 aromatic heterocycles. The van der Waals surface area contributed by atoms with E-state index in [0.717, 1.165) is 5.52 Å². The summed E-state index contributed by atoms with van der Waals surface area (Å²) in [6.07, 6.45) is 0. The van der Waals surface area contributed by atoms with Crippen molar-refractivity contribution in [1.29, 1.82) is 0 Å². The van der Waals surface area contributed by atoms with Crippen LogP contribution in [0.2, 0.25) is 5.02 Å². The van der Waals surface area contributed by atoms with Crippen LogP contribution in [0.15, 0.2) is 77.7 Å². The van der Waals surface area contributed by atoms with Gasteiger partial charge in [-0.2, -0.15) is 0 Å². The minimum Gasteiger partial charge on any atom is -0.324 e. The van der Waals surface area contributed by atoms with Gasteiger partial charge < -0.3 is 4.98 Å². The Bertz CT molecular complexity index is 1270. The molecule has 1 heterocycles. The van der Waals surface area contributed by atoms with Crippen LogP contribution in [-0.2, 0) is 10.0 Å². The van der Waals surface area contributed by atoms with E-state index in [1.807, 2.05) is 24.3 Å². The summed E-state index contributed by atoms with van der Waals surface area (Å²) < 4.78 is 27.8. The van der Waals surface area contributed by atoms with Crippen LogP contribution in [0.1, 0.15) is 10.4 Å². The topological polar surface area (TPSA) is 104 Å². The summed E-state index contributed by atoms with van der Waals surface area (Å²) in [7, 11) is -3.89. The first-order chi connectivity index (χ1) is 13.9. The summed E-state index contributed by atoms with van der Waals surface area (Å²) in [5, 5.41) is 3.09. The lowest BCUT2D eigenvalue weighted by molar-refractivity contribution is 0.102. The van der Waals surface area contributed by atoms with E-state index in [1.54, 1.807) is 12.1 Å². The number of nitrogens with zero attached hydrogens (tertiary/aromatic N) is 1. The quantitative estimate of drug-likeness (QED) is 0.443. The molecule has 0 fully saturated rings. The maximum atomic E-state index is 12.8. The van der Waals surface area contributed by atoms with Gasteiger partial charge in [0, 0.05) is 5.02 Å². The second-order valence-electron chi connectivity index (χ2n) is 6.16. The highest BCUT2D eigenvalue weighted by molar-refractivity contribution is 7.92. The molecule has 3 aromatic carbocycles. The monoisotopic (exact) mass is 426 g/mol. The zero-order valence-electron chi connectivity index (χ0n) is 14.9. The molecule has 9 heteroatoms. The Morgan fingerprint density at radius 1 is 0.931 bits per heavy atom. The molecular formula is C20H15ClN4O3S. The molecule has 0 radical (unpaired) electrons. The summed E-state index contributed by atoms with van der Waals surface area (Å²) in [6.45, 7) is 0. The Kier molecular flexibility index (Phi) is 4.96. The van der Waals surface area contributed by atoms with Crippen LogP contribution < -0.4 is 10.0 Å². The molecule has 7 nitrogen and oxygen atoms in total. The number of H-pyrrole nitrogens is 1. The SMILES string of the molecule is O=C(Nc1nc2ccccc2[nH]1)c1ccccc1NS(=O)(=O)c1ccc(Cl)cc1. The third-order valence-corrected chi connectivity index (χ3v) is 5.79. The largest absolute Gasteiger partial charge is 0.324 e. The summed E-state index contributed by atoms with van der Waals surface area (Å²) in [4.78, 5) is 20.1. The number of nitrogens with one attached hydrogen (secondary N) is 3. The zero-order valence-corrected chi connectivity index (χ0v) is 16.5. The molecule has 0 saturated carbocycles. The van der Waals surface area contributed by atoms with Gasteiger partial charge in [-0.1, -0.05) is 35.9 Å². The third kappa shape index (κ3) is 4.08. The van der Waals surface area contributed by atoms with E-state index in [2.05, 4.69) is 20.0 Å². The van der Waals surface area contributed by atoms with Crippen LogP contribution in [0.25, 0.3) is 11.0 Å². The van der Waals surface area contributed by atoms with Gasteiger partial charge in [0.1, 0.15) is 0 Å². The van der Waals surface area contributed by atoms with Gasteiger partial charge in [-0.15, -0.1) is 0 Å². The van der Waals surface area contributed by atoms with Gasteiger partial charge in [0.2, 0.25) is 5.95 Å². The number of rotatable bonds is 5. The number of halogens is 1. The van der Waals surface area contributed by atoms with Crippen molar-refractivity contribution in [3.05, 3.63) is 83.4 Å². The Labute approximate surface area is 171 Å². The van der Waals surface area contributed by atoms with E-state index in [-0.39, 0.29) is 22.1 Å². The highest BCUT2D eigenvalue weighted by Crippen LogP contribution is 2.22. The number of carbonyl (C=O) groups is 1. The van der Waals surface area contributed by atoms with Crippen LogP contribution in [0.3, 0.4) is 0 Å². The number of hydrogen-bond acceptors (Lipinski definition) is 4. The van der Waals surface area contributed by atoms with Crippen molar-refractivity contribution in [3.8, 4) is 0 Å². The number of carbonyl (C=O) groups excluding carboxylic acids is 1. The first kappa shape index (κ1) is 19.0. The van der Waals surface area contributed by atoms with Crippen LogP contribution >= 0.6 is 11.6 Å². The Hall–Kier alpha value is -3.36. The number of anilines is 2. The number of imidazole rings is 1. The zero-order chi connectivity index (χ0) is 20.4. The smallest absolute Gasteiger partial charge is 0.261 e. The van der Waals surface area contributed by atoms with Crippen molar-refractivity contribution in [1.82, 2.24) is 9.97 Å². The number of amides is 1. The van der Waals surface area contributed by atoms with E-state index in [1.165, 1.54) is 36.4 Å². The second-order valence-corrected chi connectivity index (χ2v) is 8.28. The number of aromatic amines is 1. The van der Waals surface area contributed by atoms with E-state index in [4.69, 9.17) is 11.6 Å². The molecule has 29 heavy (non-hydrogen) atoms. The molecule has 0 saturated heterocycles. The Balaban J connectivity index is 1.60. The standard InChI is InChI=1S/C20H15ClN4O3S/c21-13-9-11-14(12-10-13)29(27,28)25-16-6-2-1-5-15(16)19(26)24-20-22-17-7-3-4-8-18(17)23-20/h1-12,25H,(H2,22,23,24,26). The van der Waals surface area contributed by atoms with Gasteiger partial charge in [0.25, 0.3) is 15.9 Å². The molecular weight excluding hydrogens is 412 g/mol. The van der Waals surface area contributed by atoms with Crippen molar-refractivity contribution >= 4 is 50.2 Å². The molecule has 1 amide bonds. The van der Waals surface area contributed by atoms with Crippen molar-refractivity contribution in [2.75, 3.05) is 10.0 Å². The van der Waals surface area contributed by atoms with Crippen molar-refractivity contribution in [2.24, 2.45) is 0 Å². The lowest BCUT2D eigenvalue weighted by Gasteiger charge is -2.12. The lowest BCUT2D eigenvalue weighted by atomic mass is 10.2. The Morgan fingerprint density at radius 3 is 2.38 bits per heavy atom. The molecule has 0 unspecified atom stereocenters. The Morgan fingerprint density at radius 2 is 1.62 bits per heavy atom. The van der Waals surface area contributed by atoms with Crippen molar-refractivity contribution < 1.29 is 13.2 Å². The lowest BCUT2D eigenvalue weighted by Crippen LogP contribution is -2.19. The molecule has 0 spiro atoms. The third-order valence-electron chi connectivity index (χ3n) is 4.16. The van der Waals surface area contributed by atoms with Crippen LogP contribution in [0, 0.1) is 0 Å². The molecule has 0 aliphatic heterocycles. The number of sulfonamides is 1. The maximum Gasteiger partial charge on any atom is 0.261 e. The first-order valence-electron chi connectivity index (χ1n) is 8.56. The van der Waals surface area contributed by atoms with Gasteiger partial charge >= 0.3 is 0 Å². The summed E-state index contributed by atoms with van der Waals surface area (Å²) in [5.74, 6) is -0.231. The van der Waals surface area contributed by atoms with Crippen LogP contribution in [0.5, 0.6) is 0 Å². The fourth-order valence-corrected chi connectivity index (χ4v) is 3.98. The number of fused-ring (bicyclic) bond motifs is 1. The molecule has 0 aliphatic rings. The summed E-state index contributed by atoms with van der Waals surface area (Å²) >= 11 is 5.82. The molecule has 4 aromatic rings. The first-order valence-corrected chi connectivity index (χ1v) is 10.4. The average molecular weight is 427 g/mol. The van der Waals surface area contributed by atoms with E-state index in [0.29, 0.717) is 10.5 Å². The number of hydrogen-bond donors (Lipinski definition) is 3. The molecule has 146 valence electrons. The van der Waals surface area contributed by atoms with Gasteiger partial charge in [-0.25, -0.2) is 13.4 Å². The van der Waals surface area contributed by atoms with Crippen molar-refractivity contribution in [3.63, 3.8) is 0 Å².